The van der Waals surface area contributed by atoms with Gasteiger partial charge in [0.05, 0.1) is 10.2 Å². The van der Waals surface area contributed by atoms with E-state index >= 15 is 0 Å². The van der Waals surface area contributed by atoms with Gasteiger partial charge in [-0.15, -0.1) is 0 Å². The highest BCUT2D eigenvalue weighted by molar-refractivity contribution is 7.22. The molecule has 0 radical (unpaired) electrons. The zero-order valence-electron chi connectivity index (χ0n) is 15.6. The van der Waals surface area contributed by atoms with Crippen LogP contribution in [0, 0.1) is 5.92 Å². The summed E-state index contributed by atoms with van der Waals surface area (Å²) in [6.07, 6.45) is 4.43. The Morgan fingerprint density at radius 3 is 2.73 bits per heavy atom. The number of carbonyl (C=O) groups is 1. The van der Waals surface area contributed by atoms with Gasteiger partial charge >= 0.3 is 0 Å². The number of amides is 1. The number of benzene rings is 1. The molecule has 1 atom stereocenters. The zero-order chi connectivity index (χ0) is 18.1. The molecular formula is C20H28N4OS. The highest BCUT2D eigenvalue weighted by atomic mass is 32.1. The smallest absolute Gasteiger partial charge is 0.223 e. The number of nitrogens with one attached hydrogen (secondary N) is 1. The minimum Gasteiger partial charge on any atom is -0.354 e. The van der Waals surface area contributed by atoms with E-state index in [0.717, 1.165) is 49.2 Å². The molecule has 6 heteroatoms. The van der Waals surface area contributed by atoms with Crippen LogP contribution >= 0.6 is 11.3 Å². The second-order valence-electron chi connectivity index (χ2n) is 7.72. The molecule has 0 spiro atoms. The summed E-state index contributed by atoms with van der Waals surface area (Å²) < 4.78 is 1.23. The van der Waals surface area contributed by atoms with Crippen molar-refractivity contribution in [2.24, 2.45) is 5.92 Å². The van der Waals surface area contributed by atoms with Crippen molar-refractivity contribution in [3.8, 4) is 0 Å². The molecule has 26 heavy (non-hydrogen) atoms. The SMILES string of the molecule is CC(CNC(=O)C1CCN(c2nc3ccccc3s2)CC1)N(C)C1CC1. The van der Waals surface area contributed by atoms with Gasteiger partial charge in [-0.3, -0.25) is 9.69 Å². The van der Waals surface area contributed by atoms with Gasteiger partial charge in [-0.2, -0.15) is 0 Å². The van der Waals surface area contributed by atoms with Crippen LogP contribution in [0.4, 0.5) is 5.13 Å². The molecule has 1 aromatic carbocycles. The number of piperidine rings is 1. The second-order valence-corrected chi connectivity index (χ2v) is 8.73. The fourth-order valence-electron chi connectivity index (χ4n) is 3.71. The van der Waals surface area contributed by atoms with Crippen LogP contribution in [0.1, 0.15) is 32.6 Å². The van der Waals surface area contributed by atoms with Crippen LogP contribution in [0.3, 0.4) is 0 Å². The first-order valence-electron chi connectivity index (χ1n) is 9.72. The van der Waals surface area contributed by atoms with Crippen LogP contribution in [0.2, 0.25) is 0 Å². The Bertz CT molecular complexity index is 731. The molecule has 1 aliphatic carbocycles. The monoisotopic (exact) mass is 372 g/mol. The van der Waals surface area contributed by atoms with Gasteiger partial charge in [0.15, 0.2) is 5.13 Å². The molecule has 0 bridgehead atoms. The van der Waals surface area contributed by atoms with Gasteiger partial charge in [0.1, 0.15) is 0 Å². The van der Waals surface area contributed by atoms with Crippen molar-refractivity contribution in [1.82, 2.24) is 15.2 Å². The summed E-state index contributed by atoms with van der Waals surface area (Å²) in [5, 5.41) is 4.27. The normalized spacial score (nSPS) is 19.9. The fourth-order valence-corrected chi connectivity index (χ4v) is 4.72. The number of aromatic nitrogens is 1. The number of nitrogens with zero attached hydrogens (tertiary/aromatic N) is 3. The highest BCUT2D eigenvalue weighted by Crippen LogP contribution is 2.31. The first-order valence-corrected chi connectivity index (χ1v) is 10.5. The standard InChI is InChI=1S/C20H28N4OS/c1-14(23(2)16-7-8-16)13-21-19(25)15-9-11-24(12-10-15)20-22-17-5-3-4-6-18(17)26-20/h3-6,14-16H,7-13H2,1-2H3,(H,21,25). The van der Waals surface area contributed by atoms with Crippen molar-refractivity contribution in [2.75, 3.05) is 31.6 Å². The van der Waals surface area contributed by atoms with E-state index in [2.05, 4.69) is 47.3 Å². The lowest BCUT2D eigenvalue weighted by atomic mass is 9.96. The van der Waals surface area contributed by atoms with Gasteiger partial charge < -0.3 is 10.2 Å². The number of rotatable bonds is 6. The van der Waals surface area contributed by atoms with E-state index in [1.54, 1.807) is 11.3 Å². The minimum absolute atomic E-state index is 0.138. The number of likely N-dealkylation sites (N-methyl/N-ethyl adjacent to an activating group) is 1. The Kier molecular flexibility index (Phi) is 5.14. The lowest BCUT2D eigenvalue weighted by Crippen LogP contribution is -2.45. The van der Waals surface area contributed by atoms with Gasteiger partial charge in [0.25, 0.3) is 0 Å². The Hall–Kier alpha value is -1.66. The van der Waals surface area contributed by atoms with Crippen molar-refractivity contribution < 1.29 is 4.79 Å². The maximum absolute atomic E-state index is 12.5. The third-order valence-electron chi connectivity index (χ3n) is 5.81. The third-order valence-corrected chi connectivity index (χ3v) is 6.91. The summed E-state index contributed by atoms with van der Waals surface area (Å²) in [5.41, 5.74) is 1.07. The number of hydrogen-bond donors (Lipinski definition) is 1. The van der Waals surface area contributed by atoms with Gasteiger partial charge in [0, 0.05) is 37.6 Å². The molecule has 140 valence electrons. The molecule has 5 nitrogen and oxygen atoms in total. The first kappa shape index (κ1) is 17.7. The summed E-state index contributed by atoms with van der Waals surface area (Å²) in [6, 6.07) is 9.42. The van der Waals surface area contributed by atoms with Gasteiger partial charge in [-0.1, -0.05) is 23.5 Å². The van der Waals surface area contributed by atoms with Crippen LogP contribution in [0.5, 0.6) is 0 Å². The van der Waals surface area contributed by atoms with E-state index < -0.39 is 0 Å². The molecule has 2 aromatic rings. The molecule has 2 heterocycles. The quantitative estimate of drug-likeness (QED) is 0.846. The Balaban J connectivity index is 1.26. The van der Waals surface area contributed by atoms with Crippen LogP contribution in [-0.4, -0.2) is 54.6 Å². The first-order chi connectivity index (χ1) is 12.6. The number of para-hydroxylation sites is 1. The summed E-state index contributed by atoms with van der Waals surface area (Å²) in [6.45, 7) is 4.78. The number of hydrogen-bond acceptors (Lipinski definition) is 5. The molecule has 1 unspecified atom stereocenters. The van der Waals surface area contributed by atoms with Gasteiger partial charge in [-0.05, 0) is 51.8 Å². The fraction of sp³-hybridized carbons (Fsp3) is 0.600. The van der Waals surface area contributed by atoms with Gasteiger partial charge in [-0.25, -0.2) is 4.98 Å². The molecule has 4 rings (SSSR count). The Labute approximate surface area is 159 Å². The summed E-state index contributed by atoms with van der Waals surface area (Å²) in [5.74, 6) is 0.365. The van der Waals surface area contributed by atoms with Crippen molar-refractivity contribution in [3.05, 3.63) is 24.3 Å². The van der Waals surface area contributed by atoms with Crippen molar-refractivity contribution in [3.63, 3.8) is 0 Å². The van der Waals surface area contributed by atoms with Crippen molar-refractivity contribution >= 4 is 32.6 Å². The van der Waals surface area contributed by atoms with E-state index in [4.69, 9.17) is 4.98 Å². The Morgan fingerprint density at radius 2 is 2.04 bits per heavy atom. The molecule has 1 aromatic heterocycles. The lowest BCUT2D eigenvalue weighted by molar-refractivity contribution is -0.125. The maximum atomic E-state index is 12.5. The number of fused-ring (bicyclic) bond motifs is 1. The van der Waals surface area contributed by atoms with E-state index in [1.807, 2.05) is 6.07 Å². The molecule has 1 N–H and O–H groups in total. The molecule has 1 saturated carbocycles. The molecule has 1 amide bonds. The number of anilines is 1. The number of carbonyl (C=O) groups excluding carboxylic acids is 1. The average Bonchev–Trinajstić information content (AvgIpc) is 3.43. The largest absolute Gasteiger partial charge is 0.354 e. The summed E-state index contributed by atoms with van der Waals surface area (Å²) in [7, 11) is 2.17. The van der Waals surface area contributed by atoms with Crippen LogP contribution < -0.4 is 10.2 Å². The molecule has 2 fully saturated rings. The number of thiazole rings is 1. The predicted octanol–water partition coefficient (Wildman–Crippen LogP) is 3.11. The zero-order valence-corrected chi connectivity index (χ0v) is 16.5. The van der Waals surface area contributed by atoms with E-state index in [9.17, 15) is 4.79 Å². The van der Waals surface area contributed by atoms with Crippen LogP contribution in [0.15, 0.2) is 24.3 Å². The molecule has 1 saturated heterocycles. The van der Waals surface area contributed by atoms with Crippen LogP contribution in [-0.2, 0) is 4.79 Å². The van der Waals surface area contributed by atoms with E-state index in [1.165, 1.54) is 17.5 Å². The predicted molar refractivity (Wildman–Crippen MR) is 108 cm³/mol. The third kappa shape index (κ3) is 3.86. The highest BCUT2D eigenvalue weighted by Gasteiger charge is 2.30. The van der Waals surface area contributed by atoms with Crippen LogP contribution in [0.25, 0.3) is 10.2 Å². The maximum Gasteiger partial charge on any atom is 0.223 e. The van der Waals surface area contributed by atoms with Crippen molar-refractivity contribution in [1.29, 1.82) is 0 Å². The molecule has 2 aliphatic rings. The lowest BCUT2D eigenvalue weighted by Gasteiger charge is -2.31. The Morgan fingerprint density at radius 1 is 1.31 bits per heavy atom. The minimum atomic E-state index is 0.138. The topological polar surface area (TPSA) is 48.5 Å². The van der Waals surface area contributed by atoms with E-state index in [0.29, 0.717) is 6.04 Å². The molecule has 1 aliphatic heterocycles. The van der Waals surface area contributed by atoms with Gasteiger partial charge in [0.2, 0.25) is 5.91 Å². The summed E-state index contributed by atoms with van der Waals surface area (Å²) >= 11 is 1.75. The average molecular weight is 373 g/mol. The summed E-state index contributed by atoms with van der Waals surface area (Å²) in [4.78, 5) is 22.0. The van der Waals surface area contributed by atoms with Crippen molar-refractivity contribution in [2.45, 2.75) is 44.7 Å². The second kappa shape index (κ2) is 7.53. The van der Waals surface area contributed by atoms with E-state index in [-0.39, 0.29) is 11.8 Å². The molecular weight excluding hydrogens is 344 g/mol.